The summed E-state index contributed by atoms with van der Waals surface area (Å²) >= 11 is 0. The monoisotopic (exact) mass is 434 g/mol. The number of aromatic nitrogens is 4. The predicted octanol–water partition coefficient (Wildman–Crippen LogP) is 3.10. The fourth-order valence-corrected chi connectivity index (χ4v) is 7.18. The van der Waals surface area contributed by atoms with E-state index in [1.807, 2.05) is 6.92 Å². The van der Waals surface area contributed by atoms with Crippen molar-refractivity contribution in [3.63, 3.8) is 0 Å². The molecule has 0 N–H and O–H groups in total. The Balaban J connectivity index is 1.21. The van der Waals surface area contributed by atoms with Crippen molar-refractivity contribution in [2.45, 2.75) is 77.3 Å². The first kappa shape index (κ1) is 20.3. The molecule has 170 valence electrons. The van der Waals surface area contributed by atoms with E-state index in [-0.39, 0.29) is 0 Å². The second-order valence-electron chi connectivity index (χ2n) is 10.4. The van der Waals surface area contributed by atoms with Crippen LogP contribution in [0.5, 0.6) is 0 Å². The summed E-state index contributed by atoms with van der Waals surface area (Å²) in [7, 11) is 0. The van der Waals surface area contributed by atoms with Gasteiger partial charge >= 0.3 is 0 Å². The van der Waals surface area contributed by atoms with Crippen LogP contribution in [0.4, 0.5) is 0 Å². The minimum Gasteiger partial charge on any atom is -0.336 e. The van der Waals surface area contributed by atoms with Crippen molar-refractivity contribution in [1.29, 1.82) is 0 Å². The van der Waals surface area contributed by atoms with Crippen LogP contribution in [0.15, 0.2) is 18.0 Å². The van der Waals surface area contributed by atoms with Gasteiger partial charge in [0.25, 0.3) is 0 Å². The molecule has 3 fully saturated rings. The van der Waals surface area contributed by atoms with Gasteiger partial charge in [-0.05, 0) is 76.3 Å². The summed E-state index contributed by atoms with van der Waals surface area (Å²) in [4.78, 5) is 18.5. The van der Waals surface area contributed by atoms with Gasteiger partial charge in [-0.15, -0.1) is 10.2 Å². The first-order chi connectivity index (χ1) is 15.6. The first-order valence-electron chi connectivity index (χ1n) is 12.5. The van der Waals surface area contributed by atoms with E-state index in [1.165, 1.54) is 45.2 Å². The zero-order valence-corrected chi connectivity index (χ0v) is 19.3. The van der Waals surface area contributed by atoms with E-state index in [0.717, 1.165) is 47.9 Å². The largest absolute Gasteiger partial charge is 0.336 e. The molecule has 3 saturated heterocycles. The third kappa shape index (κ3) is 3.28. The maximum atomic E-state index is 13.5. The van der Waals surface area contributed by atoms with Gasteiger partial charge in [0.2, 0.25) is 5.91 Å². The number of rotatable bonds is 3. The number of piperidine rings is 3. The quantitative estimate of drug-likeness (QED) is 0.695. The molecule has 4 aliphatic rings. The number of carbonyl (C=O) groups excluding carboxylic acids is 1. The fraction of sp³-hybridized carbons (Fsp3) is 0.680. The van der Waals surface area contributed by atoms with Gasteiger partial charge in [-0.3, -0.25) is 9.69 Å². The van der Waals surface area contributed by atoms with Crippen molar-refractivity contribution in [3.8, 4) is 0 Å². The van der Waals surface area contributed by atoms with Crippen LogP contribution in [0.3, 0.4) is 0 Å². The SMILES string of the molecule is Cc1nn2cnnc2c(C)c1CCC(=O)N1CCCC2=C[C@H]3C[C@H](CN4CCCC[C@H]34)[C@H]21. The van der Waals surface area contributed by atoms with Crippen molar-refractivity contribution in [2.75, 3.05) is 19.6 Å². The smallest absolute Gasteiger partial charge is 0.223 e. The van der Waals surface area contributed by atoms with E-state index in [2.05, 4.69) is 38.1 Å². The minimum atomic E-state index is 0.306. The Kier molecular flexibility index (Phi) is 5.05. The van der Waals surface area contributed by atoms with Crippen LogP contribution < -0.4 is 0 Å². The van der Waals surface area contributed by atoms with E-state index in [9.17, 15) is 4.79 Å². The molecule has 1 amide bonds. The molecule has 2 aromatic rings. The van der Waals surface area contributed by atoms with Gasteiger partial charge in [0.05, 0.1) is 11.7 Å². The van der Waals surface area contributed by atoms with Gasteiger partial charge in [-0.1, -0.05) is 18.1 Å². The van der Waals surface area contributed by atoms with E-state index in [4.69, 9.17) is 0 Å². The highest BCUT2D eigenvalue weighted by Crippen LogP contribution is 2.45. The molecule has 5 heterocycles. The summed E-state index contributed by atoms with van der Waals surface area (Å²) in [5.41, 5.74) is 5.55. The fourth-order valence-electron chi connectivity index (χ4n) is 7.18. The van der Waals surface area contributed by atoms with Crippen LogP contribution in [-0.4, -0.2) is 67.2 Å². The highest BCUT2D eigenvalue weighted by molar-refractivity contribution is 5.78. The number of aryl methyl sites for hydroxylation is 2. The topological polar surface area (TPSA) is 66.6 Å². The second-order valence-corrected chi connectivity index (χ2v) is 10.4. The standard InChI is InChI=1S/C25H34N6O/c1-16-21(17(2)28-31-15-26-27-25(16)31)8-9-23(32)30-11-5-6-18-12-19-13-20(24(18)30)14-29-10-4-3-7-22(19)29/h12,15,19-20,22,24H,3-11,13-14H2,1-2H3/t19-,20+,22+,24-/m0/s1. The summed E-state index contributed by atoms with van der Waals surface area (Å²) in [6.45, 7) is 7.42. The average molecular weight is 435 g/mol. The third-order valence-electron chi connectivity index (χ3n) is 8.58. The zero-order valence-electron chi connectivity index (χ0n) is 19.3. The molecule has 2 bridgehead atoms. The maximum absolute atomic E-state index is 13.5. The first-order valence-corrected chi connectivity index (χ1v) is 12.5. The Morgan fingerprint density at radius 3 is 3.00 bits per heavy atom. The van der Waals surface area contributed by atoms with Crippen LogP contribution in [-0.2, 0) is 11.2 Å². The highest BCUT2D eigenvalue weighted by Gasteiger charge is 2.46. The van der Waals surface area contributed by atoms with Crippen molar-refractivity contribution in [1.82, 2.24) is 29.6 Å². The van der Waals surface area contributed by atoms with Crippen LogP contribution in [0.25, 0.3) is 5.65 Å². The van der Waals surface area contributed by atoms with Gasteiger partial charge in [-0.25, -0.2) is 4.52 Å². The van der Waals surface area contributed by atoms with Gasteiger partial charge in [0, 0.05) is 31.1 Å². The van der Waals surface area contributed by atoms with E-state index in [1.54, 1.807) is 16.4 Å². The molecule has 0 saturated carbocycles. The van der Waals surface area contributed by atoms with Crippen LogP contribution in [0.2, 0.25) is 0 Å². The van der Waals surface area contributed by atoms with Gasteiger partial charge in [-0.2, -0.15) is 5.10 Å². The average Bonchev–Trinajstić information content (AvgIpc) is 3.27. The Labute approximate surface area is 189 Å². The summed E-state index contributed by atoms with van der Waals surface area (Å²) in [6.07, 6.45) is 13.1. The Bertz CT molecular complexity index is 1070. The van der Waals surface area contributed by atoms with Crippen LogP contribution in [0, 0.1) is 25.7 Å². The molecule has 7 heteroatoms. The zero-order chi connectivity index (χ0) is 21.8. The molecule has 2 aromatic heterocycles. The van der Waals surface area contributed by atoms with Crippen LogP contribution in [0.1, 0.15) is 61.8 Å². The lowest BCUT2D eigenvalue weighted by molar-refractivity contribution is -0.136. The number of amides is 1. The lowest BCUT2D eigenvalue weighted by Gasteiger charge is -2.54. The Hall–Kier alpha value is -2.28. The Morgan fingerprint density at radius 2 is 2.09 bits per heavy atom. The molecule has 7 nitrogen and oxygen atoms in total. The molecule has 0 spiro atoms. The maximum Gasteiger partial charge on any atom is 0.223 e. The number of carbonyl (C=O) groups is 1. The normalized spacial score (nSPS) is 30.1. The summed E-state index contributed by atoms with van der Waals surface area (Å²) < 4.78 is 1.73. The summed E-state index contributed by atoms with van der Waals surface area (Å²) in [5.74, 6) is 1.62. The number of likely N-dealkylation sites (tertiary alicyclic amines) is 1. The Morgan fingerprint density at radius 1 is 1.19 bits per heavy atom. The number of nitrogens with zero attached hydrogens (tertiary/aromatic N) is 6. The molecule has 32 heavy (non-hydrogen) atoms. The highest BCUT2D eigenvalue weighted by atomic mass is 16.2. The van der Waals surface area contributed by atoms with Crippen molar-refractivity contribution < 1.29 is 4.79 Å². The molecule has 0 aromatic carbocycles. The number of hydrogen-bond donors (Lipinski definition) is 0. The van der Waals surface area contributed by atoms with E-state index in [0.29, 0.717) is 30.2 Å². The third-order valence-corrected chi connectivity index (χ3v) is 8.58. The van der Waals surface area contributed by atoms with Crippen molar-refractivity contribution >= 4 is 11.6 Å². The lowest BCUT2D eigenvalue weighted by atomic mass is 9.68. The molecule has 1 aliphatic carbocycles. The van der Waals surface area contributed by atoms with Crippen molar-refractivity contribution in [2.24, 2.45) is 11.8 Å². The molecular formula is C25H34N6O. The molecule has 4 atom stereocenters. The minimum absolute atomic E-state index is 0.306. The molecule has 3 aliphatic heterocycles. The van der Waals surface area contributed by atoms with Gasteiger partial charge in [0.1, 0.15) is 6.33 Å². The van der Waals surface area contributed by atoms with E-state index < -0.39 is 0 Å². The molecular weight excluding hydrogens is 400 g/mol. The molecule has 0 unspecified atom stereocenters. The lowest BCUT2D eigenvalue weighted by Crippen LogP contribution is -2.60. The van der Waals surface area contributed by atoms with E-state index >= 15 is 0 Å². The van der Waals surface area contributed by atoms with Crippen molar-refractivity contribution in [3.05, 3.63) is 34.8 Å². The summed E-state index contributed by atoms with van der Waals surface area (Å²) in [6, 6.07) is 1.08. The number of fused-ring (bicyclic) bond motifs is 7. The van der Waals surface area contributed by atoms with Gasteiger partial charge < -0.3 is 4.90 Å². The molecule has 6 rings (SSSR count). The van der Waals surface area contributed by atoms with Crippen LogP contribution >= 0.6 is 0 Å². The second kappa shape index (κ2) is 7.94. The molecule has 0 radical (unpaired) electrons. The van der Waals surface area contributed by atoms with Gasteiger partial charge in [0.15, 0.2) is 5.65 Å². The number of hydrogen-bond acceptors (Lipinski definition) is 5. The predicted molar refractivity (Wildman–Crippen MR) is 122 cm³/mol. The summed E-state index contributed by atoms with van der Waals surface area (Å²) in [5, 5.41) is 12.8.